The normalized spacial score (nSPS) is 17.8. The van der Waals surface area contributed by atoms with Crippen molar-refractivity contribution < 1.29 is 4.79 Å². The number of benzene rings is 1. The average Bonchev–Trinajstić information content (AvgIpc) is 2.92. The molecule has 0 saturated carbocycles. The minimum absolute atomic E-state index is 0.0397. The Labute approximate surface area is 155 Å². The maximum atomic E-state index is 12.3. The number of hydrogen-bond donors (Lipinski definition) is 0. The Hall–Kier alpha value is -0.910. The standard InChI is InChI=1S/C18H28ClN3OS/c1-5-21(6-2)10-7-11-22-17(23)13-24-18(22)15-9-8-14(20(3)4)12-16(15)19/h8-9,12,18H,5-7,10-11,13H2,1-4H3. The molecule has 1 amide bonds. The maximum Gasteiger partial charge on any atom is 0.233 e. The predicted octanol–water partition coefficient (Wildman–Crippen LogP) is 3.71. The summed E-state index contributed by atoms with van der Waals surface area (Å²) >= 11 is 8.18. The van der Waals surface area contributed by atoms with E-state index in [-0.39, 0.29) is 11.3 Å². The molecule has 134 valence electrons. The van der Waals surface area contributed by atoms with Crippen LogP contribution in [0.4, 0.5) is 5.69 Å². The quantitative estimate of drug-likeness (QED) is 0.697. The molecule has 0 spiro atoms. The lowest BCUT2D eigenvalue weighted by molar-refractivity contribution is -0.128. The summed E-state index contributed by atoms with van der Waals surface area (Å²) in [7, 11) is 4.00. The number of carbonyl (C=O) groups excluding carboxylic acids is 1. The highest BCUT2D eigenvalue weighted by Crippen LogP contribution is 2.42. The topological polar surface area (TPSA) is 26.8 Å². The molecule has 24 heavy (non-hydrogen) atoms. The summed E-state index contributed by atoms with van der Waals surface area (Å²) < 4.78 is 0. The van der Waals surface area contributed by atoms with Crippen LogP contribution < -0.4 is 4.90 Å². The second kappa shape index (κ2) is 8.97. The molecule has 1 aliphatic rings. The van der Waals surface area contributed by atoms with Gasteiger partial charge in [0.1, 0.15) is 5.37 Å². The van der Waals surface area contributed by atoms with E-state index in [2.05, 4.69) is 30.9 Å². The minimum Gasteiger partial charge on any atom is -0.378 e. The lowest BCUT2D eigenvalue weighted by Crippen LogP contribution is -2.32. The van der Waals surface area contributed by atoms with E-state index in [0.717, 1.165) is 48.9 Å². The number of carbonyl (C=O) groups is 1. The summed E-state index contributed by atoms with van der Waals surface area (Å²) in [5.41, 5.74) is 2.12. The average molecular weight is 370 g/mol. The van der Waals surface area contributed by atoms with Gasteiger partial charge < -0.3 is 14.7 Å². The lowest BCUT2D eigenvalue weighted by atomic mass is 10.1. The Balaban J connectivity index is 2.07. The Morgan fingerprint density at radius 1 is 1.29 bits per heavy atom. The fourth-order valence-corrected chi connectivity index (χ4v) is 4.55. The highest BCUT2D eigenvalue weighted by molar-refractivity contribution is 8.00. The van der Waals surface area contributed by atoms with Crippen molar-refractivity contribution >= 4 is 35.0 Å². The van der Waals surface area contributed by atoms with Gasteiger partial charge in [-0.25, -0.2) is 0 Å². The van der Waals surface area contributed by atoms with Crippen LogP contribution in [0.15, 0.2) is 18.2 Å². The van der Waals surface area contributed by atoms with Gasteiger partial charge in [0, 0.05) is 36.9 Å². The molecule has 0 aromatic heterocycles. The SMILES string of the molecule is CCN(CC)CCCN1C(=O)CSC1c1ccc(N(C)C)cc1Cl. The van der Waals surface area contributed by atoms with Gasteiger partial charge in [-0.1, -0.05) is 31.5 Å². The summed E-state index contributed by atoms with van der Waals surface area (Å²) in [4.78, 5) is 18.7. The zero-order chi connectivity index (χ0) is 17.7. The van der Waals surface area contributed by atoms with Gasteiger partial charge in [0.2, 0.25) is 5.91 Å². The van der Waals surface area contributed by atoms with E-state index in [9.17, 15) is 4.79 Å². The number of halogens is 1. The molecule has 0 radical (unpaired) electrons. The molecule has 2 rings (SSSR count). The molecule has 0 N–H and O–H groups in total. The van der Waals surface area contributed by atoms with Crippen molar-refractivity contribution in [1.82, 2.24) is 9.80 Å². The third-order valence-corrected chi connectivity index (χ3v) is 6.07. The molecule has 1 aromatic carbocycles. The van der Waals surface area contributed by atoms with Gasteiger partial charge in [0.25, 0.3) is 0 Å². The number of thioether (sulfide) groups is 1. The first-order chi connectivity index (χ1) is 11.5. The minimum atomic E-state index is 0.0397. The van der Waals surface area contributed by atoms with Crippen molar-refractivity contribution in [2.45, 2.75) is 25.6 Å². The molecular weight excluding hydrogens is 342 g/mol. The van der Waals surface area contributed by atoms with E-state index in [1.165, 1.54) is 0 Å². The van der Waals surface area contributed by atoms with E-state index >= 15 is 0 Å². The van der Waals surface area contributed by atoms with Gasteiger partial charge in [-0.2, -0.15) is 0 Å². The number of rotatable bonds is 8. The number of nitrogens with zero attached hydrogens (tertiary/aromatic N) is 3. The van der Waals surface area contributed by atoms with Crippen LogP contribution in [0.5, 0.6) is 0 Å². The zero-order valence-corrected chi connectivity index (χ0v) is 16.7. The number of hydrogen-bond acceptors (Lipinski definition) is 4. The Bertz CT molecular complexity index is 563. The van der Waals surface area contributed by atoms with Gasteiger partial charge in [-0.15, -0.1) is 11.8 Å². The highest BCUT2D eigenvalue weighted by Gasteiger charge is 2.33. The van der Waals surface area contributed by atoms with Gasteiger partial charge >= 0.3 is 0 Å². The van der Waals surface area contributed by atoms with E-state index in [1.54, 1.807) is 11.8 Å². The third-order valence-electron chi connectivity index (χ3n) is 4.50. The molecule has 6 heteroatoms. The molecule has 0 aliphatic carbocycles. The van der Waals surface area contributed by atoms with E-state index in [1.807, 2.05) is 30.0 Å². The van der Waals surface area contributed by atoms with Crippen molar-refractivity contribution in [3.63, 3.8) is 0 Å². The van der Waals surface area contributed by atoms with Crippen molar-refractivity contribution in [3.05, 3.63) is 28.8 Å². The van der Waals surface area contributed by atoms with Crippen LogP contribution in [0, 0.1) is 0 Å². The molecular formula is C18H28ClN3OS. The van der Waals surface area contributed by atoms with Crippen molar-refractivity contribution in [3.8, 4) is 0 Å². The first-order valence-electron chi connectivity index (χ1n) is 8.58. The number of amides is 1. The molecule has 1 saturated heterocycles. The number of anilines is 1. The summed E-state index contributed by atoms with van der Waals surface area (Å²) in [6.07, 6.45) is 0.998. The molecule has 4 nitrogen and oxygen atoms in total. The second-order valence-electron chi connectivity index (χ2n) is 6.23. The molecule has 1 atom stereocenters. The van der Waals surface area contributed by atoms with E-state index in [0.29, 0.717) is 5.75 Å². The molecule has 1 aromatic rings. The van der Waals surface area contributed by atoms with Gasteiger partial charge in [-0.05, 0) is 38.2 Å². The van der Waals surface area contributed by atoms with Crippen LogP contribution in [-0.4, -0.2) is 61.7 Å². The van der Waals surface area contributed by atoms with Crippen LogP contribution in [0.25, 0.3) is 0 Å². The van der Waals surface area contributed by atoms with Crippen LogP contribution >= 0.6 is 23.4 Å². The highest BCUT2D eigenvalue weighted by atomic mass is 35.5. The molecule has 1 unspecified atom stereocenters. The fraction of sp³-hybridized carbons (Fsp3) is 0.611. The van der Waals surface area contributed by atoms with Crippen LogP contribution in [0.2, 0.25) is 5.02 Å². The van der Waals surface area contributed by atoms with Crippen LogP contribution in [0.3, 0.4) is 0 Å². The zero-order valence-electron chi connectivity index (χ0n) is 15.1. The smallest absolute Gasteiger partial charge is 0.233 e. The Kier molecular flexibility index (Phi) is 7.26. The largest absolute Gasteiger partial charge is 0.378 e. The third kappa shape index (κ3) is 4.58. The van der Waals surface area contributed by atoms with E-state index < -0.39 is 0 Å². The molecule has 1 fully saturated rings. The monoisotopic (exact) mass is 369 g/mol. The van der Waals surface area contributed by atoms with Gasteiger partial charge in [-0.3, -0.25) is 4.79 Å². The van der Waals surface area contributed by atoms with Crippen molar-refractivity contribution in [2.24, 2.45) is 0 Å². The Morgan fingerprint density at radius 2 is 2.00 bits per heavy atom. The predicted molar refractivity (Wildman–Crippen MR) is 105 cm³/mol. The summed E-state index contributed by atoms with van der Waals surface area (Å²) in [6.45, 7) is 8.28. The van der Waals surface area contributed by atoms with Gasteiger partial charge in [0.05, 0.1) is 5.75 Å². The van der Waals surface area contributed by atoms with Crippen LogP contribution in [-0.2, 0) is 4.79 Å². The van der Waals surface area contributed by atoms with E-state index in [4.69, 9.17) is 11.6 Å². The summed E-state index contributed by atoms with van der Waals surface area (Å²) in [5.74, 6) is 0.763. The first-order valence-corrected chi connectivity index (χ1v) is 10.0. The second-order valence-corrected chi connectivity index (χ2v) is 7.71. The molecule has 1 aliphatic heterocycles. The Morgan fingerprint density at radius 3 is 2.58 bits per heavy atom. The van der Waals surface area contributed by atoms with Crippen molar-refractivity contribution in [2.75, 3.05) is 50.9 Å². The first kappa shape index (κ1) is 19.4. The summed E-state index contributed by atoms with van der Waals surface area (Å²) in [5, 5.41) is 0.778. The molecule has 1 heterocycles. The molecule has 0 bridgehead atoms. The van der Waals surface area contributed by atoms with Gasteiger partial charge in [0.15, 0.2) is 0 Å². The lowest BCUT2D eigenvalue weighted by Gasteiger charge is -2.27. The fourth-order valence-electron chi connectivity index (χ4n) is 2.95. The van der Waals surface area contributed by atoms with Crippen molar-refractivity contribution in [1.29, 1.82) is 0 Å². The van der Waals surface area contributed by atoms with Crippen LogP contribution in [0.1, 0.15) is 31.2 Å². The summed E-state index contributed by atoms with van der Waals surface area (Å²) in [6, 6.07) is 6.11. The maximum absolute atomic E-state index is 12.3.